The van der Waals surface area contributed by atoms with Crippen LogP contribution in [0.25, 0.3) is 0 Å². The number of aliphatic carboxylic acids is 2. The number of imidazole rings is 2. The SMILES string of the molecule is Cn1cnc(C[C@H](N)C(=O)O)c1.Cn1cncc1C[C@H](N)C(=O)O. The van der Waals surface area contributed by atoms with Crippen molar-refractivity contribution in [2.24, 2.45) is 25.6 Å². The Kier molecular flexibility index (Phi) is 7.08. The fourth-order valence-corrected chi connectivity index (χ4v) is 1.78. The quantitative estimate of drug-likeness (QED) is 0.507. The second kappa shape index (κ2) is 8.79. The Balaban J connectivity index is 0.000000240. The van der Waals surface area contributed by atoms with Gasteiger partial charge in [0.25, 0.3) is 0 Å². The predicted molar refractivity (Wildman–Crippen MR) is 85.0 cm³/mol. The Hall–Kier alpha value is -2.72. The van der Waals surface area contributed by atoms with Crippen LogP contribution in [0.15, 0.2) is 25.0 Å². The van der Waals surface area contributed by atoms with Gasteiger partial charge >= 0.3 is 11.9 Å². The standard InChI is InChI=1S/2C7H11N3O2/c1-10-3-5(9-4-10)2-6(8)7(11)12;1-10-4-9-3-5(10)2-6(8)7(11)12/h2*3-4,6H,2,8H2,1H3,(H,11,12)/t2*6-/m00/s1. The first-order valence-corrected chi connectivity index (χ1v) is 7.09. The number of carbonyl (C=O) groups is 2. The molecule has 2 rings (SSSR count). The van der Waals surface area contributed by atoms with E-state index in [1.807, 2.05) is 7.05 Å². The van der Waals surface area contributed by atoms with Crippen molar-refractivity contribution in [2.75, 3.05) is 0 Å². The second-order valence-corrected chi connectivity index (χ2v) is 5.32. The van der Waals surface area contributed by atoms with Crippen LogP contribution in [-0.2, 0) is 36.5 Å². The van der Waals surface area contributed by atoms with E-state index in [1.54, 1.807) is 41.2 Å². The highest BCUT2D eigenvalue weighted by atomic mass is 16.4. The van der Waals surface area contributed by atoms with Crippen LogP contribution in [0.5, 0.6) is 0 Å². The lowest BCUT2D eigenvalue weighted by atomic mass is 10.2. The number of hydrogen-bond acceptors (Lipinski definition) is 6. The molecule has 0 saturated heterocycles. The van der Waals surface area contributed by atoms with E-state index in [1.165, 1.54) is 0 Å². The van der Waals surface area contributed by atoms with Crippen molar-refractivity contribution in [3.05, 3.63) is 36.4 Å². The Bertz CT molecular complexity index is 680. The maximum Gasteiger partial charge on any atom is 0.320 e. The van der Waals surface area contributed by atoms with Crippen LogP contribution in [0.1, 0.15) is 11.4 Å². The third-order valence-corrected chi connectivity index (χ3v) is 3.17. The van der Waals surface area contributed by atoms with Gasteiger partial charge < -0.3 is 30.8 Å². The van der Waals surface area contributed by atoms with Gasteiger partial charge in [0.1, 0.15) is 12.1 Å². The van der Waals surface area contributed by atoms with Gasteiger partial charge in [-0.15, -0.1) is 0 Å². The molecular formula is C14H22N6O4. The number of aryl methyl sites for hydroxylation is 2. The minimum absolute atomic E-state index is 0.274. The molecule has 0 saturated carbocycles. The summed E-state index contributed by atoms with van der Waals surface area (Å²) < 4.78 is 3.51. The summed E-state index contributed by atoms with van der Waals surface area (Å²) in [5.41, 5.74) is 12.2. The third kappa shape index (κ3) is 6.18. The van der Waals surface area contributed by atoms with Gasteiger partial charge in [0, 0.05) is 45.0 Å². The molecule has 0 aromatic carbocycles. The Morgan fingerprint density at radius 3 is 2.12 bits per heavy atom. The summed E-state index contributed by atoms with van der Waals surface area (Å²) in [6, 6.07) is -1.71. The van der Waals surface area contributed by atoms with Gasteiger partial charge in [0.2, 0.25) is 0 Å². The van der Waals surface area contributed by atoms with E-state index in [0.717, 1.165) is 5.69 Å². The summed E-state index contributed by atoms with van der Waals surface area (Å²) in [5, 5.41) is 17.0. The third-order valence-electron chi connectivity index (χ3n) is 3.17. The second-order valence-electron chi connectivity index (χ2n) is 5.32. The molecule has 10 nitrogen and oxygen atoms in total. The Morgan fingerprint density at radius 1 is 1.12 bits per heavy atom. The molecule has 0 aliphatic heterocycles. The average molecular weight is 338 g/mol. The van der Waals surface area contributed by atoms with E-state index < -0.39 is 24.0 Å². The summed E-state index contributed by atoms with van der Waals surface area (Å²) in [5.74, 6) is -1.99. The van der Waals surface area contributed by atoms with Crippen LogP contribution in [0, 0.1) is 0 Å². The smallest absolute Gasteiger partial charge is 0.320 e. The molecule has 0 unspecified atom stereocenters. The van der Waals surface area contributed by atoms with E-state index in [-0.39, 0.29) is 6.42 Å². The Morgan fingerprint density at radius 2 is 1.71 bits per heavy atom. The van der Waals surface area contributed by atoms with Gasteiger partial charge in [-0.05, 0) is 0 Å². The van der Waals surface area contributed by atoms with E-state index in [4.69, 9.17) is 21.7 Å². The summed E-state index contributed by atoms with van der Waals surface area (Å²) >= 11 is 0. The van der Waals surface area contributed by atoms with E-state index in [0.29, 0.717) is 12.1 Å². The molecule has 2 atom stereocenters. The molecule has 2 aromatic rings. The summed E-state index contributed by atoms with van der Waals surface area (Å²) in [7, 11) is 3.62. The van der Waals surface area contributed by atoms with E-state index in [9.17, 15) is 9.59 Å². The number of nitrogens with two attached hydrogens (primary N) is 2. The van der Waals surface area contributed by atoms with Crippen LogP contribution in [0.3, 0.4) is 0 Å². The van der Waals surface area contributed by atoms with Gasteiger partial charge in [0.15, 0.2) is 0 Å². The lowest BCUT2D eigenvalue weighted by Crippen LogP contribution is -2.32. The number of carboxylic acids is 2. The monoisotopic (exact) mass is 338 g/mol. The molecule has 6 N–H and O–H groups in total. The van der Waals surface area contributed by atoms with Gasteiger partial charge in [-0.2, -0.15) is 0 Å². The van der Waals surface area contributed by atoms with Gasteiger partial charge in [0.05, 0.1) is 18.3 Å². The molecule has 2 heterocycles. The van der Waals surface area contributed by atoms with Crippen LogP contribution >= 0.6 is 0 Å². The van der Waals surface area contributed by atoms with Crippen LogP contribution in [0.4, 0.5) is 0 Å². The number of hydrogen-bond donors (Lipinski definition) is 4. The lowest BCUT2D eigenvalue weighted by Gasteiger charge is -2.05. The van der Waals surface area contributed by atoms with Crippen LogP contribution in [0.2, 0.25) is 0 Å². The normalized spacial score (nSPS) is 12.8. The molecule has 0 radical (unpaired) electrons. The highest BCUT2D eigenvalue weighted by Gasteiger charge is 2.14. The lowest BCUT2D eigenvalue weighted by molar-refractivity contribution is -0.139. The minimum atomic E-state index is -0.999. The van der Waals surface area contributed by atoms with Gasteiger partial charge in [-0.1, -0.05) is 0 Å². The summed E-state index contributed by atoms with van der Waals surface area (Å²) in [4.78, 5) is 28.5. The maximum absolute atomic E-state index is 10.4. The van der Waals surface area contributed by atoms with Crippen molar-refractivity contribution in [3.63, 3.8) is 0 Å². The van der Waals surface area contributed by atoms with Crippen LogP contribution in [-0.4, -0.2) is 53.3 Å². The molecule has 2 aromatic heterocycles. The first-order valence-electron chi connectivity index (χ1n) is 7.09. The minimum Gasteiger partial charge on any atom is -0.480 e. The van der Waals surface area contributed by atoms with E-state index >= 15 is 0 Å². The first kappa shape index (κ1) is 19.3. The Labute approximate surface area is 138 Å². The number of aromatic nitrogens is 4. The number of nitrogens with zero attached hydrogens (tertiary/aromatic N) is 4. The van der Waals surface area contributed by atoms with Crippen molar-refractivity contribution in [2.45, 2.75) is 24.9 Å². The molecule has 132 valence electrons. The van der Waals surface area contributed by atoms with Gasteiger partial charge in [-0.3, -0.25) is 9.59 Å². The van der Waals surface area contributed by atoms with Crippen molar-refractivity contribution in [1.82, 2.24) is 19.1 Å². The van der Waals surface area contributed by atoms with Gasteiger partial charge in [-0.25, -0.2) is 9.97 Å². The molecule has 0 aliphatic carbocycles. The zero-order chi connectivity index (χ0) is 18.3. The first-order chi connectivity index (χ1) is 11.2. The van der Waals surface area contributed by atoms with E-state index in [2.05, 4.69) is 9.97 Å². The highest BCUT2D eigenvalue weighted by Crippen LogP contribution is 2.00. The number of carboxylic acid groups (broad SMARTS) is 2. The fraction of sp³-hybridized carbons (Fsp3) is 0.429. The molecule has 0 bridgehead atoms. The molecule has 0 fully saturated rings. The molecule has 0 aliphatic rings. The molecule has 10 heteroatoms. The van der Waals surface area contributed by atoms with Crippen molar-refractivity contribution >= 4 is 11.9 Å². The van der Waals surface area contributed by atoms with Crippen LogP contribution < -0.4 is 11.5 Å². The fourth-order valence-electron chi connectivity index (χ4n) is 1.78. The summed E-state index contributed by atoms with van der Waals surface area (Å²) in [6.07, 6.45) is 7.18. The molecule has 0 spiro atoms. The predicted octanol–water partition coefficient (Wildman–Crippen LogP) is -1.25. The topological polar surface area (TPSA) is 162 Å². The molecule has 0 amide bonds. The maximum atomic E-state index is 10.4. The van der Waals surface area contributed by atoms with Crippen molar-refractivity contribution in [1.29, 1.82) is 0 Å². The average Bonchev–Trinajstić information content (AvgIpc) is 3.08. The zero-order valence-electron chi connectivity index (χ0n) is 13.5. The van der Waals surface area contributed by atoms with Crippen molar-refractivity contribution < 1.29 is 19.8 Å². The number of rotatable bonds is 6. The highest BCUT2D eigenvalue weighted by molar-refractivity contribution is 5.73. The summed E-state index contributed by atoms with van der Waals surface area (Å²) in [6.45, 7) is 0. The zero-order valence-corrected chi connectivity index (χ0v) is 13.5. The molecule has 24 heavy (non-hydrogen) atoms. The van der Waals surface area contributed by atoms with Crippen molar-refractivity contribution in [3.8, 4) is 0 Å². The molecular weight excluding hydrogens is 316 g/mol. The largest absolute Gasteiger partial charge is 0.480 e.